The molecule has 0 saturated carbocycles. The van der Waals surface area contributed by atoms with Gasteiger partial charge in [-0.15, -0.1) is 11.3 Å². The van der Waals surface area contributed by atoms with Crippen molar-refractivity contribution < 1.29 is 0 Å². The van der Waals surface area contributed by atoms with Crippen molar-refractivity contribution in [3.05, 3.63) is 60.2 Å². The van der Waals surface area contributed by atoms with Crippen LogP contribution in [0.15, 0.2) is 27.9 Å². The smallest absolute Gasteiger partial charge is 0.266 e. The molecule has 0 aromatic carbocycles. The highest BCUT2D eigenvalue weighted by molar-refractivity contribution is 7.11. The van der Waals surface area contributed by atoms with Gasteiger partial charge in [0.05, 0.1) is 28.1 Å². The number of fused-ring (bicyclic) bond motifs is 1. The molecule has 3 aromatic heterocycles. The van der Waals surface area contributed by atoms with Gasteiger partial charge in [0.25, 0.3) is 11.1 Å². The van der Waals surface area contributed by atoms with Crippen molar-refractivity contribution in [2.24, 2.45) is 0 Å². The molecule has 3 rings (SSSR count). The molecule has 7 heteroatoms. The van der Waals surface area contributed by atoms with E-state index in [1.54, 1.807) is 34.2 Å². The first kappa shape index (κ1) is 14.2. The lowest BCUT2D eigenvalue weighted by Gasteiger charge is -2.06. The first-order chi connectivity index (χ1) is 10.5. The summed E-state index contributed by atoms with van der Waals surface area (Å²) in [6.07, 6.45) is 1.64. The van der Waals surface area contributed by atoms with Crippen molar-refractivity contribution >= 4 is 22.2 Å². The second-order valence-corrected chi connectivity index (χ2v) is 6.23. The molecule has 6 nitrogen and oxygen atoms in total. The molecule has 0 fully saturated rings. The van der Waals surface area contributed by atoms with Crippen molar-refractivity contribution in [2.45, 2.75) is 20.4 Å². The number of nitrogens with one attached hydrogen (secondary N) is 1. The summed E-state index contributed by atoms with van der Waals surface area (Å²) in [6.45, 7) is 4.26. The number of nitrogens with zero attached hydrogens (tertiary/aromatic N) is 3. The van der Waals surface area contributed by atoms with Gasteiger partial charge in [-0.3, -0.25) is 9.59 Å². The molecular weight excluding hydrogens is 300 g/mol. The minimum Gasteiger partial charge on any atom is -0.321 e. The Kier molecular flexibility index (Phi) is 3.39. The Labute approximate surface area is 129 Å². The standard InChI is InChI=1S/C15H12N4O2S/c1-8-13(22-9(2)17-8)7-19-4-3-12-11(15(19)21)5-10(6-16)14(20)18-12/h3-5H,7H2,1-2H3,(H,18,20). The highest BCUT2D eigenvalue weighted by Crippen LogP contribution is 2.18. The molecule has 0 aliphatic rings. The molecule has 22 heavy (non-hydrogen) atoms. The summed E-state index contributed by atoms with van der Waals surface area (Å²) < 4.78 is 1.56. The summed E-state index contributed by atoms with van der Waals surface area (Å²) in [4.78, 5) is 32.1. The van der Waals surface area contributed by atoms with Crippen molar-refractivity contribution in [2.75, 3.05) is 0 Å². The number of thiazole rings is 1. The molecule has 1 N–H and O–H groups in total. The second-order valence-electron chi connectivity index (χ2n) is 4.94. The first-order valence-electron chi connectivity index (χ1n) is 6.59. The summed E-state index contributed by atoms with van der Waals surface area (Å²) in [7, 11) is 0. The van der Waals surface area contributed by atoms with Gasteiger partial charge in [0, 0.05) is 11.1 Å². The topological polar surface area (TPSA) is 91.5 Å². The van der Waals surface area contributed by atoms with Gasteiger partial charge in [0.2, 0.25) is 0 Å². The average molecular weight is 312 g/mol. The van der Waals surface area contributed by atoms with E-state index in [2.05, 4.69) is 9.97 Å². The molecule has 0 saturated heterocycles. The van der Waals surface area contributed by atoms with Crippen LogP contribution in [0.2, 0.25) is 0 Å². The van der Waals surface area contributed by atoms with Gasteiger partial charge >= 0.3 is 0 Å². The summed E-state index contributed by atoms with van der Waals surface area (Å²) >= 11 is 1.55. The van der Waals surface area contributed by atoms with Crippen LogP contribution in [0.3, 0.4) is 0 Å². The number of aromatic nitrogens is 3. The quantitative estimate of drug-likeness (QED) is 0.779. The minimum absolute atomic E-state index is 0.0628. The average Bonchev–Trinajstić information content (AvgIpc) is 2.79. The second kappa shape index (κ2) is 5.24. The highest BCUT2D eigenvalue weighted by atomic mass is 32.1. The Bertz CT molecular complexity index is 1040. The number of H-pyrrole nitrogens is 1. The third-order valence-corrected chi connectivity index (χ3v) is 4.48. The monoisotopic (exact) mass is 312 g/mol. The summed E-state index contributed by atoms with van der Waals surface area (Å²) in [6, 6.07) is 4.81. The lowest BCUT2D eigenvalue weighted by Crippen LogP contribution is -2.22. The zero-order valence-electron chi connectivity index (χ0n) is 12.0. The summed E-state index contributed by atoms with van der Waals surface area (Å²) in [5.74, 6) is 0. The van der Waals surface area contributed by atoms with Crippen LogP contribution in [-0.4, -0.2) is 14.5 Å². The van der Waals surface area contributed by atoms with Gasteiger partial charge in [-0.25, -0.2) is 4.98 Å². The maximum atomic E-state index is 12.5. The zero-order valence-corrected chi connectivity index (χ0v) is 12.8. The van der Waals surface area contributed by atoms with E-state index in [1.807, 2.05) is 13.8 Å². The molecule has 0 spiro atoms. The third-order valence-electron chi connectivity index (χ3n) is 3.42. The van der Waals surface area contributed by atoms with E-state index < -0.39 is 5.56 Å². The van der Waals surface area contributed by atoms with Gasteiger partial charge in [0.15, 0.2) is 0 Å². The lowest BCUT2D eigenvalue weighted by molar-refractivity contribution is 0.771. The molecule has 0 bridgehead atoms. The predicted molar refractivity (Wildman–Crippen MR) is 84.2 cm³/mol. The van der Waals surface area contributed by atoms with Crippen LogP contribution in [-0.2, 0) is 6.54 Å². The molecule has 3 aromatic rings. The number of pyridine rings is 2. The van der Waals surface area contributed by atoms with Crippen LogP contribution in [0, 0.1) is 25.2 Å². The molecule has 0 amide bonds. The Hall–Kier alpha value is -2.72. The third kappa shape index (κ3) is 2.34. The van der Waals surface area contributed by atoms with Crippen LogP contribution >= 0.6 is 11.3 Å². The molecule has 0 aliphatic carbocycles. The number of hydrogen-bond acceptors (Lipinski definition) is 5. The van der Waals surface area contributed by atoms with Gasteiger partial charge in [-0.05, 0) is 26.0 Å². The van der Waals surface area contributed by atoms with Gasteiger partial charge < -0.3 is 9.55 Å². The first-order valence-corrected chi connectivity index (χ1v) is 7.40. The fourth-order valence-electron chi connectivity index (χ4n) is 2.32. The number of hydrogen-bond donors (Lipinski definition) is 1. The predicted octanol–water partition coefficient (Wildman–Crippen LogP) is 1.68. The van der Waals surface area contributed by atoms with E-state index in [4.69, 9.17) is 5.26 Å². The SMILES string of the molecule is Cc1nc(C)c(Cn2ccc3[nH]c(=O)c(C#N)cc3c2=O)s1. The Balaban J connectivity index is 2.16. The van der Waals surface area contributed by atoms with Gasteiger partial charge in [-0.1, -0.05) is 0 Å². The lowest BCUT2D eigenvalue weighted by atomic mass is 10.2. The van der Waals surface area contributed by atoms with E-state index in [9.17, 15) is 9.59 Å². The Morgan fingerprint density at radius 3 is 2.82 bits per heavy atom. The van der Waals surface area contributed by atoms with Gasteiger partial charge in [0.1, 0.15) is 11.6 Å². The number of rotatable bonds is 2. The molecule has 0 radical (unpaired) electrons. The van der Waals surface area contributed by atoms with E-state index in [0.29, 0.717) is 17.4 Å². The Morgan fingerprint density at radius 1 is 1.41 bits per heavy atom. The summed E-state index contributed by atoms with van der Waals surface area (Å²) in [5, 5.41) is 10.2. The maximum absolute atomic E-state index is 12.5. The van der Waals surface area contributed by atoms with Crippen LogP contribution in [0.5, 0.6) is 0 Å². The fraction of sp³-hybridized carbons (Fsp3) is 0.200. The van der Waals surface area contributed by atoms with E-state index in [1.165, 1.54) is 6.07 Å². The maximum Gasteiger partial charge on any atom is 0.266 e. The van der Waals surface area contributed by atoms with Gasteiger partial charge in [-0.2, -0.15) is 5.26 Å². The van der Waals surface area contributed by atoms with Crippen molar-refractivity contribution in [1.29, 1.82) is 5.26 Å². The molecule has 110 valence electrons. The molecule has 0 aliphatic heterocycles. The van der Waals surface area contributed by atoms with Crippen LogP contribution in [0.25, 0.3) is 10.9 Å². The molecule has 3 heterocycles. The Morgan fingerprint density at radius 2 is 2.18 bits per heavy atom. The zero-order chi connectivity index (χ0) is 15.9. The molecular formula is C15H12N4O2S. The van der Waals surface area contributed by atoms with Crippen molar-refractivity contribution in [3.8, 4) is 6.07 Å². The van der Waals surface area contributed by atoms with Crippen LogP contribution in [0.4, 0.5) is 0 Å². The summed E-state index contributed by atoms with van der Waals surface area (Å²) in [5.41, 5.74) is 0.556. The number of nitriles is 1. The van der Waals surface area contributed by atoms with Crippen LogP contribution < -0.4 is 11.1 Å². The van der Waals surface area contributed by atoms with Crippen molar-refractivity contribution in [1.82, 2.24) is 14.5 Å². The van der Waals surface area contributed by atoms with Crippen LogP contribution in [0.1, 0.15) is 21.1 Å². The number of aryl methyl sites for hydroxylation is 2. The van der Waals surface area contributed by atoms with E-state index in [-0.39, 0.29) is 11.1 Å². The molecule has 0 atom stereocenters. The van der Waals surface area contributed by atoms with E-state index in [0.717, 1.165) is 15.6 Å². The largest absolute Gasteiger partial charge is 0.321 e. The minimum atomic E-state index is -0.485. The van der Waals surface area contributed by atoms with Crippen molar-refractivity contribution in [3.63, 3.8) is 0 Å². The number of aromatic amines is 1. The molecule has 0 unspecified atom stereocenters. The highest BCUT2D eigenvalue weighted by Gasteiger charge is 2.10. The van der Waals surface area contributed by atoms with E-state index >= 15 is 0 Å². The fourth-order valence-corrected chi connectivity index (χ4v) is 3.26. The normalized spacial score (nSPS) is 10.8.